The molecule has 0 bridgehead atoms. The summed E-state index contributed by atoms with van der Waals surface area (Å²) in [6, 6.07) is 0. The normalized spacial score (nSPS) is 50.9. The maximum atomic E-state index is 4.36. The van der Waals surface area contributed by atoms with Crippen LogP contribution in [0.3, 0.4) is 0 Å². The van der Waals surface area contributed by atoms with Gasteiger partial charge in [0.25, 0.3) is 0 Å². The summed E-state index contributed by atoms with van der Waals surface area (Å²) in [5.41, 5.74) is 0. The predicted molar refractivity (Wildman–Crippen MR) is 42.3 cm³/mol. The van der Waals surface area contributed by atoms with Crippen molar-refractivity contribution < 1.29 is 0 Å². The zero-order valence-corrected chi connectivity index (χ0v) is 6.17. The molecule has 1 aliphatic carbocycles. The zero-order valence-electron chi connectivity index (χ0n) is 4.39. The Hall–Kier alpha value is 0.765. The predicted octanol–water partition coefficient (Wildman–Crippen LogP) is 0.338. The highest BCUT2D eigenvalue weighted by Gasteiger charge is 2.36. The van der Waals surface area contributed by atoms with Crippen LogP contribution in [0, 0.1) is 0 Å². The third-order valence-electron chi connectivity index (χ3n) is 1.64. The summed E-state index contributed by atoms with van der Waals surface area (Å²) >= 11 is 8.65. The SMILES string of the molecule is BC1(S)CC[C@H]1S. The average molecular weight is 132 g/mol. The number of hydrogen-bond donors (Lipinski definition) is 2. The maximum absolute atomic E-state index is 4.36. The van der Waals surface area contributed by atoms with Crippen LogP contribution in [0.15, 0.2) is 0 Å². The Kier molecular flexibility index (Phi) is 1.37. The highest BCUT2D eigenvalue weighted by atomic mass is 32.1. The molecule has 0 aliphatic heterocycles. The van der Waals surface area contributed by atoms with Crippen molar-refractivity contribution >= 4 is 33.1 Å². The van der Waals surface area contributed by atoms with Crippen LogP contribution >= 0.6 is 25.3 Å². The van der Waals surface area contributed by atoms with Crippen LogP contribution in [0.4, 0.5) is 0 Å². The summed E-state index contributed by atoms with van der Waals surface area (Å²) in [4.78, 5) is 0. The molecule has 1 fully saturated rings. The molecule has 0 aromatic heterocycles. The van der Waals surface area contributed by atoms with Gasteiger partial charge in [0.2, 0.25) is 0 Å². The van der Waals surface area contributed by atoms with Crippen molar-refractivity contribution in [2.24, 2.45) is 0 Å². The quantitative estimate of drug-likeness (QED) is 0.344. The Balaban J connectivity index is 2.43. The van der Waals surface area contributed by atoms with Gasteiger partial charge >= 0.3 is 0 Å². The molecule has 0 aromatic rings. The van der Waals surface area contributed by atoms with Crippen molar-refractivity contribution in [3.63, 3.8) is 0 Å². The lowest BCUT2D eigenvalue weighted by Crippen LogP contribution is -2.43. The summed E-state index contributed by atoms with van der Waals surface area (Å²) in [5, 5.41) is 0.538. The standard InChI is InChI=1S/C4H9BS2/c5-4(7)2-1-3(4)6/h3,6-7H,1-2,5H2/t3-,4?/m1/s1. The molecule has 0 spiro atoms. The fraction of sp³-hybridized carbons (Fsp3) is 1.00. The van der Waals surface area contributed by atoms with Gasteiger partial charge in [-0.05, 0) is 17.5 Å². The van der Waals surface area contributed by atoms with Gasteiger partial charge in [0.05, 0.1) is 0 Å². The minimum atomic E-state index is 0.239. The van der Waals surface area contributed by atoms with Crippen molar-refractivity contribution in [3.05, 3.63) is 0 Å². The minimum absolute atomic E-state index is 0.239. The van der Waals surface area contributed by atoms with Gasteiger partial charge < -0.3 is 0 Å². The van der Waals surface area contributed by atoms with E-state index in [4.69, 9.17) is 0 Å². The fourth-order valence-corrected chi connectivity index (χ4v) is 1.21. The topological polar surface area (TPSA) is 0 Å². The van der Waals surface area contributed by atoms with E-state index >= 15 is 0 Å². The summed E-state index contributed by atoms with van der Waals surface area (Å²) in [7, 11) is 2.14. The van der Waals surface area contributed by atoms with E-state index in [1.165, 1.54) is 12.8 Å². The van der Waals surface area contributed by atoms with Crippen molar-refractivity contribution in [2.45, 2.75) is 22.7 Å². The molecule has 0 heterocycles. The highest BCUT2D eigenvalue weighted by Crippen LogP contribution is 2.38. The molecular formula is C4H9BS2. The summed E-state index contributed by atoms with van der Waals surface area (Å²) in [6.07, 6.45) is 2.47. The van der Waals surface area contributed by atoms with Gasteiger partial charge in [0.15, 0.2) is 0 Å². The lowest BCUT2D eigenvalue weighted by atomic mass is 9.69. The molecule has 40 valence electrons. The van der Waals surface area contributed by atoms with Crippen LogP contribution in [-0.4, -0.2) is 17.7 Å². The Morgan fingerprint density at radius 1 is 1.71 bits per heavy atom. The van der Waals surface area contributed by atoms with Gasteiger partial charge in [-0.15, -0.1) is 0 Å². The molecule has 0 N–H and O–H groups in total. The second-order valence-corrected chi connectivity index (χ2v) is 4.06. The molecule has 0 saturated heterocycles. The van der Waals surface area contributed by atoms with Crippen molar-refractivity contribution in [3.8, 4) is 0 Å². The maximum Gasteiger partial charge on any atom is 0.123 e. The summed E-state index contributed by atoms with van der Waals surface area (Å²) < 4.78 is 0.239. The molecule has 0 aromatic carbocycles. The molecule has 1 unspecified atom stereocenters. The number of hydrogen-bond acceptors (Lipinski definition) is 2. The van der Waals surface area contributed by atoms with Gasteiger partial charge in [-0.1, -0.05) is 0 Å². The largest absolute Gasteiger partial charge is 0.180 e. The third-order valence-corrected chi connectivity index (χ3v) is 3.21. The van der Waals surface area contributed by atoms with Crippen molar-refractivity contribution in [2.75, 3.05) is 0 Å². The molecule has 0 radical (unpaired) electrons. The van der Waals surface area contributed by atoms with E-state index in [1.807, 2.05) is 0 Å². The first kappa shape index (κ1) is 5.89. The molecule has 2 atom stereocenters. The van der Waals surface area contributed by atoms with E-state index in [0.717, 1.165) is 0 Å². The molecule has 1 saturated carbocycles. The van der Waals surface area contributed by atoms with E-state index < -0.39 is 0 Å². The molecule has 0 amide bonds. The van der Waals surface area contributed by atoms with Crippen molar-refractivity contribution in [1.29, 1.82) is 0 Å². The molecule has 1 rings (SSSR count). The Bertz CT molecular complexity index is 81.8. The molecule has 0 nitrogen and oxygen atoms in total. The Morgan fingerprint density at radius 3 is 2.14 bits per heavy atom. The van der Waals surface area contributed by atoms with Crippen LogP contribution in [0.1, 0.15) is 12.8 Å². The first-order valence-electron chi connectivity index (χ1n) is 2.53. The van der Waals surface area contributed by atoms with E-state index in [1.54, 1.807) is 0 Å². The minimum Gasteiger partial charge on any atom is -0.180 e. The van der Waals surface area contributed by atoms with E-state index in [2.05, 4.69) is 33.1 Å². The van der Waals surface area contributed by atoms with Crippen LogP contribution in [-0.2, 0) is 0 Å². The van der Waals surface area contributed by atoms with Crippen molar-refractivity contribution in [1.82, 2.24) is 0 Å². The first-order chi connectivity index (χ1) is 3.13. The van der Waals surface area contributed by atoms with Crippen LogP contribution in [0.5, 0.6) is 0 Å². The average Bonchev–Trinajstić information content (AvgIpc) is 1.63. The van der Waals surface area contributed by atoms with Gasteiger partial charge in [0.1, 0.15) is 7.85 Å². The number of thiol groups is 2. The third kappa shape index (κ3) is 0.943. The molecule has 3 heteroatoms. The van der Waals surface area contributed by atoms with E-state index in [0.29, 0.717) is 5.25 Å². The van der Waals surface area contributed by atoms with E-state index in [-0.39, 0.29) is 4.65 Å². The van der Waals surface area contributed by atoms with Gasteiger partial charge in [-0.2, -0.15) is 25.3 Å². The lowest BCUT2D eigenvalue weighted by Gasteiger charge is -2.40. The highest BCUT2D eigenvalue weighted by molar-refractivity contribution is 7.87. The van der Waals surface area contributed by atoms with Gasteiger partial charge in [-0.3, -0.25) is 0 Å². The lowest BCUT2D eigenvalue weighted by molar-refractivity contribution is 0.498. The Labute approximate surface area is 56.3 Å². The fourth-order valence-electron chi connectivity index (χ4n) is 0.691. The Morgan fingerprint density at radius 2 is 2.14 bits per heavy atom. The molecular weight excluding hydrogens is 123 g/mol. The van der Waals surface area contributed by atoms with Gasteiger partial charge in [-0.25, -0.2) is 0 Å². The zero-order chi connectivity index (χ0) is 5.49. The monoisotopic (exact) mass is 132 g/mol. The summed E-state index contributed by atoms with van der Waals surface area (Å²) in [5.74, 6) is 0. The number of rotatable bonds is 0. The van der Waals surface area contributed by atoms with Crippen LogP contribution < -0.4 is 0 Å². The van der Waals surface area contributed by atoms with Gasteiger partial charge in [0, 0.05) is 5.25 Å². The molecule has 1 aliphatic rings. The smallest absolute Gasteiger partial charge is 0.123 e. The van der Waals surface area contributed by atoms with Crippen LogP contribution in [0.2, 0.25) is 0 Å². The van der Waals surface area contributed by atoms with E-state index in [9.17, 15) is 0 Å². The van der Waals surface area contributed by atoms with Crippen LogP contribution in [0.25, 0.3) is 0 Å². The molecule has 7 heavy (non-hydrogen) atoms. The second-order valence-electron chi connectivity index (χ2n) is 2.41. The summed E-state index contributed by atoms with van der Waals surface area (Å²) in [6.45, 7) is 0. The second kappa shape index (κ2) is 1.62. The first-order valence-corrected chi connectivity index (χ1v) is 3.50.